The molecule has 0 bridgehead atoms. The van der Waals surface area contributed by atoms with Gasteiger partial charge in [0.1, 0.15) is 0 Å². The van der Waals surface area contributed by atoms with Crippen molar-refractivity contribution in [1.82, 2.24) is 4.90 Å². The lowest BCUT2D eigenvalue weighted by Gasteiger charge is -2.32. The molecule has 108 valence electrons. The van der Waals surface area contributed by atoms with Crippen molar-refractivity contribution in [1.29, 1.82) is 0 Å². The molecule has 1 aromatic heterocycles. The molecule has 0 aliphatic heterocycles. The Bertz CT molecular complexity index is 537. The molecule has 0 saturated carbocycles. The number of thiophene rings is 1. The van der Waals surface area contributed by atoms with E-state index in [2.05, 4.69) is 36.4 Å². The van der Waals surface area contributed by atoms with Gasteiger partial charge in [-0.15, -0.1) is 11.3 Å². The summed E-state index contributed by atoms with van der Waals surface area (Å²) in [4.78, 5) is 3.58. The summed E-state index contributed by atoms with van der Waals surface area (Å²) in [5, 5.41) is 3.37. The standard InChI is InChI=1S/C15H18Cl2N2S/c1-10(15-4-3-5-20-15)19(2)14(9-18)11-6-12(16)8-13(17)7-11/h3-8,10,14H,9,18H2,1-2H3. The van der Waals surface area contributed by atoms with Crippen LogP contribution in [0, 0.1) is 0 Å². The highest BCUT2D eigenvalue weighted by atomic mass is 35.5. The molecule has 1 aromatic carbocycles. The van der Waals surface area contributed by atoms with Crippen LogP contribution in [0.25, 0.3) is 0 Å². The van der Waals surface area contributed by atoms with Gasteiger partial charge in [-0.1, -0.05) is 29.3 Å². The monoisotopic (exact) mass is 328 g/mol. The van der Waals surface area contributed by atoms with Crippen LogP contribution in [0.4, 0.5) is 0 Å². The third kappa shape index (κ3) is 3.54. The fraction of sp³-hybridized carbons (Fsp3) is 0.333. The van der Waals surface area contributed by atoms with E-state index in [1.165, 1.54) is 4.88 Å². The predicted octanol–water partition coefficient (Wildman–Crippen LogP) is 4.75. The maximum atomic E-state index is 6.09. The molecular formula is C15H18Cl2N2S. The van der Waals surface area contributed by atoms with Crippen molar-refractivity contribution < 1.29 is 0 Å². The van der Waals surface area contributed by atoms with Crippen LogP contribution in [0.2, 0.25) is 10.0 Å². The largest absolute Gasteiger partial charge is 0.329 e. The number of hydrogen-bond acceptors (Lipinski definition) is 3. The zero-order valence-electron chi connectivity index (χ0n) is 11.5. The summed E-state index contributed by atoms with van der Waals surface area (Å²) in [5.41, 5.74) is 7.02. The van der Waals surface area contributed by atoms with Crippen LogP contribution in [0.15, 0.2) is 35.7 Å². The minimum atomic E-state index is 0.0864. The van der Waals surface area contributed by atoms with Gasteiger partial charge in [0, 0.05) is 33.6 Å². The molecule has 1 heterocycles. The molecule has 0 fully saturated rings. The second kappa shape index (κ2) is 6.92. The van der Waals surface area contributed by atoms with Crippen LogP contribution in [0.5, 0.6) is 0 Å². The van der Waals surface area contributed by atoms with Crippen LogP contribution in [0.3, 0.4) is 0 Å². The summed E-state index contributed by atoms with van der Waals surface area (Å²) in [6, 6.07) is 10.2. The van der Waals surface area contributed by atoms with E-state index in [9.17, 15) is 0 Å². The summed E-state index contributed by atoms with van der Waals surface area (Å²) >= 11 is 13.9. The molecule has 2 aromatic rings. The van der Waals surface area contributed by atoms with Crippen molar-refractivity contribution in [3.05, 3.63) is 56.2 Å². The average molecular weight is 329 g/mol. The van der Waals surface area contributed by atoms with Gasteiger partial charge in [0.25, 0.3) is 0 Å². The van der Waals surface area contributed by atoms with E-state index in [0.29, 0.717) is 22.6 Å². The van der Waals surface area contributed by atoms with E-state index in [0.717, 1.165) is 5.56 Å². The number of likely N-dealkylation sites (N-methyl/N-ethyl adjacent to an activating group) is 1. The highest BCUT2D eigenvalue weighted by Crippen LogP contribution is 2.32. The number of rotatable bonds is 5. The fourth-order valence-electron chi connectivity index (χ4n) is 2.30. The molecular weight excluding hydrogens is 311 g/mol. The minimum absolute atomic E-state index is 0.0864. The smallest absolute Gasteiger partial charge is 0.0474 e. The fourth-order valence-corrected chi connectivity index (χ4v) is 3.68. The van der Waals surface area contributed by atoms with Gasteiger partial charge < -0.3 is 5.73 Å². The molecule has 2 N–H and O–H groups in total. The normalized spacial score (nSPS) is 14.5. The number of nitrogens with zero attached hydrogens (tertiary/aromatic N) is 1. The van der Waals surface area contributed by atoms with Crippen molar-refractivity contribution in [3.63, 3.8) is 0 Å². The van der Waals surface area contributed by atoms with E-state index >= 15 is 0 Å². The SMILES string of the molecule is CC(c1cccs1)N(C)C(CN)c1cc(Cl)cc(Cl)c1. The molecule has 0 amide bonds. The Morgan fingerprint density at radius 3 is 2.40 bits per heavy atom. The Kier molecular flexibility index (Phi) is 5.47. The molecule has 0 spiro atoms. The van der Waals surface area contributed by atoms with Crippen molar-refractivity contribution in [2.75, 3.05) is 13.6 Å². The van der Waals surface area contributed by atoms with Crippen molar-refractivity contribution in [2.24, 2.45) is 5.73 Å². The number of nitrogens with two attached hydrogens (primary N) is 1. The minimum Gasteiger partial charge on any atom is -0.329 e. The molecule has 0 saturated heterocycles. The van der Waals surface area contributed by atoms with E-state index < -0.39 is 0 Å². The number of hydrogen-bond donors (Lipinski definition) is 1. The summed E-state index contributed by atoms with van der Waals surface area (Å²) in [7, 11) is 2.08. The molecule has 2 unspecified atom stereocenters. The van der Waals surface area contributed by atoms with Gasteiger partial charge in [0.15, 0.2) is 0 Å². The molecule has 2 nitrogen and oxygen atoms in total. The van der Waals surface area contributed by atoms with E-state index in [1.54, 1.807) is 17.4 Å². The van der Waals surface area contributed by atoms with E-state index in [4.69, 9.17) is 28.9 Å². The number of halogens is 2. The van der Waals surface area contributed by atoms with Crippen LogP contribution in [0.1, 0.15) is 29.4 Å². The summed E-state index contributed by atoms with van der Waals surface area (Å²) in [6.07, 6.45) is 0. The summed E-state index contributed by atoms with van der Waals surface area (Å²) < 4.78 is 0. The zero-order chi connectivity index (χ0) is 14.7. The van der Waals surface area contributed by atoms with Crippen molar-refractivity contribution in [2.45, 2.75) is 19.0 Å². The summed E-state index contributed by atoms with van der Waals surface area (Å²) in [6.45, 7) is 2.70. The predicted molar refractivity (Wildman–Crippen MR) is 88.8 cm³/mol. The van der Waals surface area contributed by atoms with Gasteiger partial charge in [0.05, 0.1) is 0 Å². The first-order chi connectivity index (χ1) is 9.52. The van der Waals surface area contributed by atoms with Gasteiger partial charge in [-0.05, 0) is 49.2 Å². The highest BCUT2D eigenvalue weighted by molar-refractivity contribution is 7.10. The zero-order valence-corrected chi connectivity index (χ0v) is 13.8. The van der Waals surface area contributed by atoms with E-state index in [-0.39, 0.29) is 6.04 Å². The molecule has 2 rings (SSSR count). The van der Waals surface area contributed by atoms with Crippen LogP contribution in [-0.2, 0) is 0 Å². The Hall–Kier alpha value is -0.580. The second-order valence-electron chi connectivity index (χ2n) is 4.81. The first kappa shape index (κ1) is 15.8. The van der Waals surface area contributed by atoms with Crippen LogP contribution >= 0.6 is 34.5 Å². The lowest BCUT2D eigenvalue weighted by molar-refractivity contribution is 0.193. The Balaban J connectivity index is 2.27. The lowest BCUT2D eigenvalue weighted by atomic mass is 10.0. The maximum Gasteiger partial charge on any atom is 0.0474 e. The molecule has 0 radical (unpaired) electrons. The molecule has 0 aliphatic carbocycles. The van der Waals surface area contributed by atoms with Crippen molar-refractivity contribution >= 4 is 34.5 Å². The Morgan fingerprint density at radius 2 is 1.90 bits per heavy atom. The lowest BCUT2D eigenvalue weighted by Crippen LogP contribution is -2.32. The Morgan fingerprint density at radius 1 is 1.25 bits per heavy atom. The summed E-state index contributed by atoms with van der Waals surface area (Å²) in [5.74, 6) is 0. The molecule has 20 heavy (non-hydrogen) atoms. The van der Waals surface area contributed by atoms with Crippen molar-refractivity contribution in [3.8, 4) is 0 Å². The molecule has 0 aliphatic rings. The quantitative estimate of drug-likeness (QED) is 0.858. The van der Waals surface area contributed by atoms with E-state index in [1.807, 2.05) is 12.1 Å². The van der Waals surface area contributed by atoms with Gasteiger partial charge >= 0.3 is 0 Å². The third-order valence-corrected chi connectivity index (χ3v) is 5.03. The van der Waals surface area contributed by atoms with Gasteiger partial charge in [0.2, 0.25) is 0 Å². The maximum absolute atomic E-state index is 6.09. The van der Waals surface area contributed by atoms with Gasteiger partial charge in [-0.2, -0.15) is 0 Å². The molecule has 2 atom stereocenters. The van der Waals surface area contributed by atoms with Crippen LogP contribution in [-0.4, -0.2) is 18.5 Å². The first-order valence-corrected chi connectivity index (χ1v) is 8.08. The van der Waals surface area contributed by atoms with Gasteiger partial charge in [-0.3, -0.25) is 4.90 Å². The topological polar surface area (TPSA) is 29.3 Å². The van der Waals surface area contributed by atoms with Gasteiger partial charge in [-0.25, -0.2) is 0 Å². The number of benzene rings is 1. The average Bonchev–Trinajstić information content (AvgIpc) is 2.91. The molecule has 5 heteroatoms. The Labute approximate surface area is 134 Å². The highest BCUT2D eigenvalue weighted by Gasteiger charge is 2.22. The second-order valence-corrected chi connectivity index (χ2v) is 6.66. The third-order valence-electron chi connectivity index (χ3n) is 3.55. The first-order valence-electron chi connectivity index (χ1n) is 6.44. The van der Waals surface area contributed by atoms with Crippen LogP contribution < -0.4 is 5.73 Å².